The Morgan fingerprint density at radius 2 is 1.75 bits per heavy atom. The normalized spacial score (nSPS) is 15.8. The molecule has 0 radical (unpaired) electrons. The Balaban J connectivity index is 1.61. The summed E-state index contributed by atoms with van der Waals surface area (Å²) in [4.78, 5) is 22.3. The van der Waals surface area contributed by atoms with Gasteiger partial charge in [0.2, 0.25) is 11.8 Å². The third-order valence-electron chi connectivity index (χ3n) is 4.22. The molecule has 2 aromatic carbocycles. The molecule has 1 aromatic heterocycles. The van der Waals surface area contributed by atoms with Gasteiger partial charge in [-0.1, -0.05) is 18.2 Å². The highest BCUT2D eigenvalue weighted by atomic mass is 16.6. The Hall–Kier alpha value is -3.94. The Kier molecular flexibility index (Phi) is 4.36. The fourth-order valence-corrected chi connectivity index (χ4v) is 2.84. The van der Waals surface area contributed by atoms with Crippen molar-refractivity contribution in [3.63, 3.8) is 0 Å². The van der Waals surface area contributed by atoms with E-state index in [1.54, 1.807) is 24.3 Å². The molecule has 140 valence electrons. The molecule has 0 saturated heterocycles. The summed E-state index contributed by atoms with van der Waals surface area (Å²) >= 11 is 0. The predicted octanol–water partition coefficient (Wildman–Crippen LogP) is 4.09. The summed E-state index contributed by atoms with van der Waals surface area (Å²) in [5.41, 5.74) is 1.42. The summed E-state index contributed by atoms with van der Waals surface area (Å²) in [6, 6.07) is 18.7. The van der Waals surface area contributed by atoms with Crippen LogP contribution in [-0.2, 0) is 9.53 Å². The Labute approximate surface area is 159 Å². The highest BCUT2D eigenvalue weighted by Crippen LogP contribution is 2.34. The quantitative estimate of drug-likeness (QED) is 0.504. The molecule has 1 aliphatic rings. The molecule has 1 unspecified atom stereocenters. The van der Waals surface area contributed by atoms with Crippen molar-refractivity contribution in [2.45, 2.75) is 13.2 Å². The van der Waals surface area contributed by atoms with Crippen molar-refractivity contribution in [2.75, 3.05) is 0 Å². The lowest BCUT2D eigenvalue weighted by atomic mass is 10.1. The SMILES string of the molecule is CC(=O)N1N=C(c2ccccc2)OC1c1ccc(-c2ccc([N+](=O)[O-])cc2)o1. The van der Waals surface area contributed by atoms with Gasteiger partial charge < -0.3 is 9.15 Å². The van der Waals surface area contributed by atoms with Crippen LogP contribution in [-0.4, -0.2) is 21.7 Å². The van der Waals surface area contributed by atoms with Crippen molar-refractivity contribution < 1.29 is 18.9 Å². The summed E-state index contributed by atoms with van der Waals surface area (Å²) < 4.78 is 11.7. The number of benzene rings is 2. The molecule has 0 bridgehead atoms. The minimum absolute atomic E-state index is 0.00156. The molecule has 0 spiro atoms. The van der Waals surface area contributed by atoms with Crippen molar-refractivity contribution in [1.29, 1.82) is 0 Å². The van der Waals surface area contributed by atoms with Gasteiger partial charge in [-0.2, -0.15) is 5.01 Å². The fraction of sp³-hybridized carbons (Fsp3) is 0.100. The summed E-state index contributed by atoms with van der Waals surface area (Å²) in [6.45, 7) is 1.40. The number of amides is 1. The highest BCUT2D eigenvalue weighted by molar-refractivity contribution is 5.96. The van der Waals surface area contributed by atoms with Crippen LogP contribution in [0.1, 0.15) is 24.5 Å². The Morgan fingerprint density at radius 1 is 1.04 bits per heavy atom. The van der Waals surface area contributed by atoms with Crippen LogP contribution >= 0.6 is 0 Å². The maximum atomic E-state index is 12.0. The van der Waals surface area contributed by atoms with E-state index in [9.17, 15) is 14.9 Å². The number of hydrogen-bond acceptors (Lipinski definition) is 6. The molecule has 1 amide bonds. The zero-order valence-electron chi connectivity index (χ0n) is 14.8. The van der Waals surface area contributed by atoms with Gasteiger partial charge in [0.25, 0.3) is 11.9 Å². The van der Waals surface area contributed by atoms with Gasteiger partial charge >= 0.3 is 0 Å². The number of nitrogens with zero attached hydrogens (tertiary/aromatic N) is 3. The van der Waals surface area contributed by atoms with E-state index in [-0.39, 0.29) is 11.6 Å². The zero-order valence-corrected chi connectivity index (χ0v) is 14.8. The number of carbonyl (C=O) groups excluding carboxylic acids is 1. The van der Waals surface area contributed by atoms with E-state index in [2.05, 4.69) is 5.10 Å². The molecule has 1 aliphatic heterocycles. The molecule has 3 aromatic rings. The van der Waals surface area contributed by atoms with E-state index < -0.39 is 11.2 Å². The fourth-order valence-electron chi connectivity index (χ4n) is 2.84. The van der Waals surface area contributed by atoms with Gasteiger partial charge in [0, 0.05) is 30.2 Å². The van der Waals surface area contributed by atoms with Crippen molar-refractivity contribution in [3.05, 3.63) is 88.2 Å². The average molecular weight is 377 g/mol. The van der Waals surface area contributed by atoms with Gasteiger partial charge in [-0.05, 0) is 36.4 Å². The minimum Gasteiger partial charge on any atom is -0.455 e. The maximum Gasteiger partial charge on any atom is 0.269 e. The maximum absolute atomic E-state index is 12.0. The Morgan fingerprint density at radius 3 is 2.39 bits per heavy atom. The van der Waals surface area contributed by atoms with Gasteiger partial charge in [-0.15, -0.1) is 5.10 Å². The smallest absolute Gasteiger partial charge is 0.269 e. The van der Waals surface area contributed by atoms with Crippen molar-refractivity contribution in [2.24, 2.45) is 5.10 Å². The van der Waals surface area contributed by atoms with Crippen molar-refractivity contribution in [3.8, 4) is 11.3 Å². The number of rotatable bonds is 4. The van der Waals surface area contributed by atoms with Crippen LogP contribution in [0.3, 0.4) is 0 Å². The second-order valence-corrected chi connectivity index (χ2v) is 6.11. The number of furan rings is 1. The van der Waals surface area contributed by atoms with Crippen molar-refractivity contribution >= 4 is 17.5 Å². The van der Waals surface area contributed by atoms with Crippen LogP contribution in [0.25, 0.3) is 11.3 Å². The molecule has 0 aliphatic carbocycles. The standard InChI is InChI=1S/C20H15N3O5/c1-13(24)22-20(28-19(21-22)15-5-3-2-4-6-15)18-12-11-17(27-18)14-7-9-16(10-8-14)23(25)26/h2-12,20H,1H3. The zero-order chi connectivity index (χ0) is 19.7. The minimum atomic E-state index is -0.820. The van der Waals surface area contributed by atoms with E-state index in [1.807, 2.05) is 30.3 Å². The molecule has 0 fully saturated rings. The first kappa shape index (κ1) is 17.5. The van der Waals surface area contributed by atoms with Gasteiger partial charge in [0.05, 0.1) is 4.92 Å². The molecule has 4 rings (SSSR count). The Bertz CT molecular complexity index is 1060. The van der Waals surface area contributed by atoms with E-state index in [0.717, 1.165) is 5.56 Å². The number of hydrogen-bond donors (Lipinski definition) is 0. The van der Waals surface area contributed by atoms with Gasteiger partial charge in [0.15, 0.2) is 5.76 Å². The number of ether oxygens (including phenoxy) is 1. The third kappa shape index (κ3) is 3.23. The van der Waals surface area contributed by atoms with E-state index >= 15 is 0 Å². The predicted molar refractivity (Wildman–Crippen MR) is 100 cm³/mol. The summed E-state index contributed by atoms with van der Waals surface area (Å²) in [7, 11) is 0. The van der Waals surface area contributed by atoms with Crippen LogP contribution < -0.4 is 0 Å². The number of carbonyl (C=O) groups is 1. The number of nitro benzene ring substituents is 1. The third-order valence-corrected chi connectivity index (χ3v) is 4.22. The van der Waals surface area contributed by atoms with Gasteiger partial charge in [-0.25, -0.2) is 0 Å². The molecule has 0 saturated carbocycles. The second kappa shape index (κ2) is 6.99. The lowest BCUT2D eigenvalue weighted by Crippen LogP contribution is -2.24. The van der Waals surface area contributed by atoms with Gasteiger partial charge in [0.1, 0.15) is 5.76 Å². The monoisotopic (exact) mass is 377 g/mol. The van der Waals surface area contributed by atoms with E-state index in [1.165, 1.54) is 24.1 Å². The van der Waals surface area contributed by atoms with Gasteiger partial charge in [-0.3, -0.25) is 14.9 Å². The van der Waals surface area contributed by atoms with E-state index in [4.69, 9.17) is 9.15 Å². The largest absolute Gasteiger partial charge is 0.455 e. The number of hydrazone groups is 1. The van der Waals surface area contributed by atoms with Crippen LogP contribution in [0, 0.1) is 10.1 Å². The molecule has 1 atom stereocenters. The average Bonchev–Trinajstić information content (AvgIpc) is 3.36. The topological polar surface area (TPSA) is 98.2 Å². The summed E-state index contributed by atoms with van der Waals surface area (Å²) in [5.74, 6) is 0.946. The first-order valence-electron chi connectivity index (χ1n) is 8.48. The molecule has 8 heteroatoms. The molecule has 8 nitrogen and oxygen atoms in total. The van der Waals surface area contributed by atoms with Crippen LogP contribution in [0.2, 0.25) is 0 Å². The molecular weight excluding hydrogens is 362 g/mol. The molecule has 2 heterocycles. The number of non-ortho nitro benzene ring substituents is 1. The van der Waals surface area contributed by atoms with Crippen LogP contribution in [0.4, 0.5) is 5.69 Å². The number of nitro groups is 1. The summed E-state index contributed by atoms with van der Waals surface area (Å²) in [5, 5.41) is 16.3. The van der Waals surface area contributed by atoms with E-state index in [0.29, 0.717) is 23.0 Å². The highest BCUT2D eigenvalue weighted by Gasteiger charge is 2.35. The van der Waals surface area contributed by atoms with Crippen molar-refractivity contribution in [1.82, 2.24) is 5.01 Å². The lowest BCUT2D eigenvalue weighted by Gasteiger charge is -2.16. The first-order chi connectivity index (χ1) is 13.5. The summed E-state index contributed by atoms with van der Waals surface area (Å²) in [6.07, 6.45) is -0.820. The molecule has 28 heavy (non-hydrogen) atoms. The second-order valence-electron chi connectivity index (χ2n) is 6.11. The molecule has 0 N–H and O–H groups in total. The first-order valence-corrected chi connectivity index (χ1v) is 8.48. The molecular formula is C20H15N3O5. The van der Waals surface area contributed by atoms with Crippen LogP contribution in [0.5, 0.6) is 0 Å². The lowest BCUT2D eigenvalue weighted by molar-refractivity contribution is -0.384. The van der Waals surface area contributed by atoms with Crippen LogP contribution in [0.15, 0.2) is 76.2 Å².